The molecule has 0 aromatic rings. The number of methoxy groups -OCH3 is 1. The van der Waals surface area contributed by atoms with Gasteiger partial charge in [-0.3, -0.25) is 0 Å². The minimum Gasteiger partial charge on any atom is -1.00 e. The van der Waals surface area contributed by atoms with Crippen molar-refractivity contribution in [1.82, 2.24) is 0 Å². The zero-order chi connectivity index (χ0) is 4.12. The van der Waals surface area contributed by atoms with E-state index in [0.717, 1.165) is 13.0 Å². The van der Waals surface area contributed by atoms with Gasteiger partial charge in [0.2, 0.25) is 0 Å². The summed E-state index contributed by atoms with van der Waals surface area (Å²) in [5.41, 5.74) is 0. The first-order valence-electron chi connectivity index (χ1n) is 1.90. The zero-order valence-corrected chi connectivity index (χ0v) is 5.94. The van der Waals surface area contributed by atoms with Crippen LogP contribution in [0.25, 0.3) is 0 Å². The van der Waals surface area contributed by atoms with Crippen LogP contribution in [-0.4, -0.2) is 36.8 Å². The van der Waals surface area contributed by atoms with Gasteiger partial charge >= 0.3 is 23.1 Å². The summed E-state index contributed by atoms with van der Waals surface area (Å²) in [4.78, 5) is 0. The first-order valence-corrected chi connectivity index (χ1v) is 1.90. The molecule has 0 spiro atoms. The third kappa shape index (κ3) is 8.83. The standard InChI is InChI=1S/C4H10O.Mg.2H/c1-3-4-5-2;;;/h3-4H2,1-2H3;;;/q;+2;2*-1. The average molecular weight is 100 g/mol. The molecule has 1 nitrogen and oxygen atoms in total. The summed E-state index contributed by atoms with van der Waals surface area (Å²) in [6.07, 6.45) is 1.12. The fourth-order valence-electron chi connectivity index (χ4n) is 0.204. The van der Waals surface area contributed by atoms with Gasteiger partial charge in [0.05, 0.1) is 0 Å². The number of hydrogen-bond acceptors (Lipinski definition) is 1. The molecule has 0 aromatic heterocycles. The summed E-state index contributed by atoms with van der Waals surface area (Å²) in [7, 11) is 1.71. The second-order valence-electron chi connectivity index (χ2n) is 0.993. The Kier molecular flexibility index (Phi) is 15.2. The van der Waals surface area contributed by atoms with Crippen LogP contribution in [0.4, 0.5) is 0 Å². The summed E-state index contributed by atoms with van der Waals surface area (Å²) < 4.78 is 4.69. The second kappa shape index (κ2) is 9.21. The average Bonchev–Trinajstić information content (AvgIpc) is 1.41. The fourth-order valence-corrected chi connectivity index (χ4v) is 0.204. The van der Waals surface area contributed by atoms with Gasteiger partial charge in [-0.1, -0.05) is 6.92 Å². The molecule has 0 aromatic carbocycles. The van der Waals surface area contributed by atoms with Crippen LogP contribution in [0.15, 0.2) is 0 Å². The fraction of sp³-hybridized carbons (Fsp3) is 1.00. The zero-order valence-electron chi connectivity index (χ0n) is 6.53. The van der Waals surface area contributed by atoms with Crippen LogP contribution in [0.1, 0.15) is 16.2 Å². The van der Waals surface area contributed by atoms with Crippen LogP contribution in [0.2, 0.25) is 0 Å². The molecule has 0 atom stereocenters. The summed E-state index contributed by atoms with van der Waals surface area (Å²) >= 11 is 0. The molecule has 0 aliphatic carbocycles. The maximum absolute atomic E-state index is 4.69. The summed E-state index contributed by atoms with van der Waals surface area (Å²) in [5, 5.41) is 0. The maximum Gasteiger partial charge on any atom is 2.00 e. The van der Waals surface area contributed by atoms with E-state index in [-0.39, 0.29) is 25.9 Å². The molecule has 0 aliphatic heterocycles. The number of hydrogen-bond donors (Lipinski definition) is 0. The Morgan fingerprint density at radius 3 is 2.17 bits per heavy atom. The summed E-state index contributed by atoms with van der Waals surface area (Å²) in [5.74, 6) is 0. The normalized spacial score (nSPS) is 7.00. The molecule has 0 fully saturated rings. The van der Waals surface area contributed by atoms with Gasteiger partial charge in [-0.05, 0) is 6.42 Å². The van der Waals surface area contributed by atoms with Crippen molar-refractivity contribution in [2.75, 3.05) is 13.7 Å². The van der Waals surface area contributed by atoms with E-state index in [2.05, 4.69) is 6.92 Å². The van der Waals surface area contributed by atoms with Crippen molar-refractivity contribution in [2.45, 2.75) is 13.3 Å². The largest absolute Gasteiger partial charge is 2.00 e. The minimum atomic E-state index is 0. The molecule has 0 amide bonds. The van der Waals surface area contributed by atoms with Gasteiger partial charge < -0.3 is 7.59 Å². The summed E-state index contributed by atoms with van der Waals surface area (Å²) in [6.45, 7) is 2.98. The molecular formula is C4H12MgO. The van der Waals surface area contributed by atoms with E-state index in [9.17, 15) is 0 Å². The molecule has 0 aliphatic rings. The molecule has 0 radical (unpaired) electrons. The predicted molar refractivity (Wildman–Crippen MR) is 30.1 cm³/mol. The molecule has 0 rings (SSSR count). The Balaban J connectivity index is -0.0000000267. The maximum atomic E-state index is 4.69. The molecule has 0 bridgehead atoms. The SMILES string of the molecule is CCCOC.[H-].[H-].[Mg+2]. The molecule has 6 heavy (non-hydrogen) atoms. The Labute approximate surface area is 58.2 Å². The topological polar surface area (TPSA) is 9.23 Å². The molecule has 36 valence electrons. The van der Waals surface area contributed by atoms with E-state index < -0.39 is 0 Å². The third-order valence-electron chi connectivity index (χ3n) is 0.408. The van der Waals surface area contributed by atoms with E-state index in [1.165, 1.54) is 0 Å². The van der Waals surface area contributed by atoms with Crippen molar-refractivity contribution in [3.8, 4) is 0 Å². The van der Waals surface area contributed by atoms with Crippen molar-refractivity contribution in [2.24, 2.45) is 0 Å². The van der Waals surface area contributed by atoms with Crippen LogP contribution in [-0.2, 0) is 4.74 Å². The minimum absolute atomic E-state index is 0. The Morgan fingerprint density at radius 2 is 2.17 bits per heavy atom. The monoisotopic (exact) mass is 100 g/mol. The van der Waals surface area contributed by atoms with Crippen molar-refractivity contribution < 1.29 is 7.59 Å². The van der Waals surface area contributed by atoms with Gasteiger partial charge in [-0.2, -0.15) is 0 Å². The third-order valence-corrected chi connectivity index (χ3v) is 0.408. The summed E-state index contributed by atoms with van der Waals surface area (Å²) in [6, 6.07) is 0. The Morgan fingerprint density at radius 1 is 1.67 bits per heavy atom. The van der Waals surface area contributed by atoms with Crippen LogP contribution >= 0.6 is 0 Å². The smallest absolute Gasteiger partial charge is 1.00 e. The van der Waals surface area contributed by atoms with Gasteiger partial charge in [0.15, 0.2) is 0 Å². The van der Waals surface area contributed by atoms with Crippen LogP contribution in [0.3, 0.4) is 0 Å². The van der Waals surface area contributed by atoms with Gasteiger partial charge in [0.25, 0.3) is 0 Å². The van der Waals surface area contributed by atoms with E-state index in [1.54, 1.807) is 7.11 Å². The van der Waals surface area contributed by atoms with Gasteiger partial charge in [-0.15, -0.1) is 0 Å². The molecule has 0 saturated carbocycles. The van der Waals surface area contributed by atoms with Crippen molar-refractivity contribution in [3.05, 3.63) is 0 Å². The van der Waals surface area contributed by atoms with E-state index >= 15 is 0 Å². The Hall–Kier alpha value is 0.726. The quantitative estimate of drug-likeness (QED) is 0.468. The Bertz CT molecular complexity index is 21.5. The van der Waals surface area contributed by atoms with Crippen LogP contribution < -0.4 is 0 Å². The van der Waals surface area contributed by atoms with Gasteiger partial charge in [0.1, 0.15) is 0 Å². The van der Waals surface area contributed by atoms with Gasteiger partial charge in [-0.25, -0.2) is 0 Å². The van der Waals surface area contributed by atoms with Crippen LogP contribution in [0, 0.1) is 0 Å². The number of ether oxygens (including phenoxy) is 1. The molecule has 2 heteroatoms. The van der Waals surface area contributed by atoms with Crippen molar-refractivity contribution >= 4 is 23.1 Å². The molecule has 0 unspecified atom stereocenters. The molecule has 0 heterocycles. The van der Waals surface area contributed by atoms with Crippen LogP contribution in [0.5, 0.6) is 0 Å². The first kappa shape index (κ1) is 9.87. The molecule has 0 saturated heterocycles. The van der Waals surface area contributed by atoms with Crippen molar-refractivity contribution in [3.63, 3.8) is 0 Å². The van der Waals surface area contributed by atoms with E-state index in [1.807, 2.05) is 0 Å². The van der Waals surface area contributed by atoms with Gasteiger partial charge in [0, 0.05) is 13.7 Å². The second-order valence-corrected chi connectivity index (χ2v) is 0.993. The first-order chi connectivity index (χ1) is 2.41. The predicted octanol–water partition coefficient (Wildman–Crippen LogP) is 0.887. The van der Waals surface area contributed by atoms with Crippen molar-refractivity contribution in [1.29, 1.82) is 0 Å². The molecular weight excluding hydrogens is 88.3 g/mol. The number of rotatable bonds is 2. The van der Waals surface area contributed by atoms with E-state index in [0.29, 0.717) is 0 Å². The van der Waals surface area contributed by atoms with E-state index in [4.69, 9.17) is 4.74 Å². The molecule has 0 N–H and O–H groups in total.